The van der Waals surface area contributed by atoms with Gasteiger partial charge >= 0.3 is 0 Å². The van der Waals surface area contributed by atoms with E-state index in [1.807, 2.05) is 6.92 Å². The smallest absolute Gasteiger partial charge is 0.276 e. The van der Waals surface area contributed by atoms with Gasteiger partial charge in [-0.2, -0.15) is 12.7 Å². The Hall–Kier alpha value is -0.660. The molecule has 0 radical (unpaired) electrons. The van der Waals surface area contributed by atoms with Gasteiger partial charge in [-0.25, -0.2) is 5.14 Å². The van der Waals surface area contributed by atoms with Crippen molar-refractivity contribution in [2.24, 2.45) is 11.1 Å². The fourth-order valence-electron chi connectivity index (χ4n) is 1.13. The maximum atomic E-state index is 11.1. The number of nitrogens with one attached hydrogen (secondary N) is 1. The molecule has 0 aliphatic carbocycles. The van der Waals surface area contributed by atoms with E-state index in [-0.39, 0.29) is 24.9 Å². The summed E-state index contributed by atoms with van der Waals surface area (Å²) in [6.45, 7) is 2.77. The van der Waals surface area contributed by atoms with E-state index in [4.69, 9.17) is 5.14 Å². The molecular weight excluding hydrogens is 194 g/mol. The van der Waals surface area contributed by atoms with E-state index in [2.05, 4.69) is 5.32 Å². The van der Waals surface area contributed by atoms with Crippen LogP contribution in [-0.4, -0.2) is 38.3 Å². The summed E-state index contributed by atoms with van der Waals surface area (Å²) in [5, 5.41) is 7.46. The average molecular weight is 207 g/mol. The SMILES string of the molecule is CCNC(=O)C1CN(S(N)(=O)=O)C1. The molecule has 0 spiro atoms. The zero-order valence-electron chi connectivity index (χ0n) is 7.36. The van der Waals surface area contributed by atoms with E-state index in [1.54, 1.807) is 0 Å². The van der Waals surface area contributed by atoms with Gasteiger partial charge in [-0.3, -0.25) is 4.79 Å². The van der Waals surface area contributed by atoms with Crippen molar-refractivity contribution in [1.82, 2.24) is 9.62 Å². The highest BCUT2D eigenvalue weighted by molar-refractivity contribution is 7.86. The van der Waals surface area contributed by atoms with Crippen LogP contribution in [0.1, 0.15) is 6.92 Å². The molecule has 7 heteroatoms. The quantitative estimate of drug-likeness (QED) is 0.575. The minimum Gasteiger partial charge on any atom is -0.356 e. The van der Waals surface area contributed by atoms with Crippen molar-refractivity contribution in [2.75, 3.05) is 19.6 Å². The lowest BCUT2D eigenvalue weighted by molar-refractivity contribution is -0.128. The number of hydrogen-bond donors (Lipinski definition) is 2. The summed E-state index contributed by atoms with van der Waals surface area (Å²) in [6, 6.07) is 0. The Morgan fingerprint density at radius 3 is 2.54 bits per heavy atom. The first-order valence-electron chi connectivity index (χ1n) is 4.00. The summed E-state index contributed by atoms with van der Waals surface area (Å²) >= 11 is 0. The van der Waals surface area contributed by atoms with Crippen LogP contribution in [0.25, 0.3) is 0 Å². The van der Waals surface area contributed by atoms with Gasteiger partial charge in [0.2, 0.25) is 5.91 Å². The van der Waals surface area contributed by atoms with Crippen LogP contribution in [0.5, 0.6) is 0 Å². The molecule has 0 saturated carbocycles. The Bertz CT molecular complexity index is 294. The highest BCUT2D eigenvalue weighted by atomic mass is 32.2. The normalized spacial score (nSPS) is 19.5. The van der Waals surface area contributed by atoms with Crippen LogP contribution in [0.2, 0.25) is 0 Å². The molecule has 0 unspecified atom stereocenters. The molecule has 0 atom stereocenters. The van der Waals surface area contributed by atoms with Gasteiger partial charge in [0, 0.05) is 19.6 Å². The summed E-state index contributed by atoms with van der Waals surface area (Å²) in [4.78, 5) is 11.1. The minimum atomic E-state index is -3.59. The molecular formula is C6H13N3O3S. The molecule has 1 rings (SSSR count). The highest BCUT2D eigenvalue weighted by Crippen LogP contribution is 2.17. The standard InChI is InChI=1S/C6H13N3O3S/c1-2-8-6(10)5-3-9(4-5)13(7,11)12/h5H,2-4H2,1H3,(H,8,10)(H2,7,11,12). The molecule has 0 aromatic carbocycles. The lowest BCUT2D eigenvalue weighted by Crippen LogP contribution is -2.57. The number of rotatable bonds is 3. The maximum Gasteiger partial charge on any atom is 0.276 e. The van der Waals surface area contributed by atoms with Crippen molar-refractivity contribution in [3.05, 3.63) is 0 Å². The van der Waals surface area contributed by atoms with Crippen LogP contribution < -0.4 is 10.5 Å². The molecule has 1 amide bonds. The largest absolute Gasteiger partial charge is 0.356 e. The lowest BCUT2D eigenvalue weighted by Gasteiger charge is -2.35. The third-order valence-electron chi connectivity index (χ3n) is 1.93. The first-order chi connectivity index (χ1) is 5.95. The Balaban J connectivity index is 2.38. The maximum absolute atomic E-state index is 11.1. The van der Waals surface area contributed by atoms with E-state index >= 15 is 0 Å². The van der Waals surface area contributed by atoms with Crippen LogP contribution >= 0.6 is 0 Å². The van der Waals surface area contributed by atoms with Crippen molar-refractivity contribution >= 4 is 16.1 Å². The van der Waals surface area contributed by atoms with Crippen molar-refractivity contribution in [2.45, 2.75) is 6.92 Å². The van der Waals surface area contributed by atoms with Crippen molar-refractivity contribution in [1.29, 1.82) is 0 Å². The van der Waals surface area contributed by atoms with Crippen LogP contribution in [0.3, 0.4) is 0 Å². The van der Waals surface area contributed by atoms with Gasteiger partial charge in [-0.15, -0.1) is 0 Å². The summed E-state index contributed by atoms with van der Waals surface area (Å²) in [5.41, 5.74) is 0. The fraction of sp³-hybridized carbons (Fsp3) is 0.833. The third kappa shape index (κ3) is 2.39. The Labute approximate surface area is 77.3 Å². The molecule has 1 fully saturated rings. The monoisotopic (exact) mass is 207 g/mol. The van der Waals surface area contributed by atoms with Crippen molar-refractivity contribution in [3.63, 3.8) is 0 Å². The van der Waals surface area contributed by atoms with Gasteiger partial charge in [-0.1, -0.05) is 0 Å². The number of hydrogen-bond acceptors (Lipinski definition) is 3. The number of nitrogens with zero attached hydrogens (tertiary/aromatic N) is 1. The molecule has 6 nitrogen and oxygen atoms in total. The summed E-state index contributed by atoms with van der Waals surface area (Å²) in [5.74, 6) is -0.347. The number of carbonyl (C=O) groups is 1. The van der Waals surface area contributed by atoms with E-state index in [0.29, 0.717) is 6.54 Å². The van der Waals surface area contributed by atoms with E-state index < -0.39 is 10.2 Å². The van der Waals surface area contributed by atoms with Gasteiger partial charge in [-0.05, 0) is 6.92 Å². The molecule has 0 aromatic heterocycles. The minimum absolute atomic E-state index is 0.109. The van der Waals surface area contributed by atoms with Crippen LogP contribution in [0, 0.1) is 5.92 Å². The van der Waals surface area contributed by atoms with Crippen LogP contribution in [0.4, 0.5) is 0 Å². The molecule has 1 aliphatic rings. The van der Waals surface area contributed by atoms with Crippen molar-refractivity contribution < 1.29 is 13.2 Å². The van der Waals surface area contributed by atoms with Gasteiger partial charge in [0.15, 0.2) is 0 Å². The molecule has 0 aromatic rings. The third-order valence-corrected chi connectivity index (χ3v) is 2.95. The van der Waals surface area contributed by atoms with Gasteiger partial charge in [0.05, 0.1) is 5.92 Å². The van der Waals surface area contributed by atoms with E-state index in [0.717, 1.165) is 4.31 Å². The molecule has 1 heterocycles. The van der Waals surface area contributed by atoms with Gasteiger partial charge in [0.25, 0.3) is 10.2 Å². The van der Waals surface area contributed by atoms with E-state index in [9.17, 15) is 13.2 Å². The number of nitrogens with two attached hydrogens (primary N) is 1. The Kier molecular flexibility index (Phi) is 2.89. The highest BCUT2D eigenvalue weighted by Gasteiger charge is 2.37. The molecule has 13 heavy (non-hydrogen) atoms. The van der Waals surface area contributed by atoms with E-state index in [1.165, 1.54) is 0 Å². The predicted octanol–water partition coefficient (Wildman–Crippen LogP) is -1.74. The predicted molar refractivity (Wildman–Crippen MR) is 46.9 cm³/mol. The first-order valence-corrected chi connectivity index (χ1v) is 5.51. The zero-order chi connectivity index (χ0) is 10.1. The van der Waals surface area contributed by atoms with Crippen LogP contribution in [-0.2, 0) is 15.0 Å². The van der Waals surface area contributed by atoms with Crippen molar-refractivity contribution in [3.8, 4) is 0 Å². The average Bonchev–Trinajstić information content (AvgIpc) is 1.79. The topological polar surface area (TPSA) is 92.5 Å². The summed E-state index contributed by atoms with van der Waals surface area (Å²) in [7, 11) is -3.59. The second-order valence-electron chi connectivity index (χ2n) is 2.95. The summed E-state index contributed by atoms with van der Waals surface area (Å²) < 4.78 is 22.5. The first kappa shape index (κ1) is 10.4. The number of amides is 1. The van der Waals surface area contributed by atoms with Crippen LogP contribution in [0.15, 0.2) is 0 Å². The Morgan fingerprint density at radius 1 is 1.62 bits per heavy atom. The summed E-state index contributed by atoms with van der Waals surface area (Å²) in [6.07, 6.45) is 0. The van der Waals surface area contributed by atoms with Gasteiger partial charge in [0.1, 0.15) is 0 Å². The van der Waals surface area contributed by atoms with Gasteiger partial charge < -0.3 is 5.32 Å². The molecule has 1 aliphatic heterocycles. The second-order valence-corrected chi connectivity index (χ2v) is 4.50. The zero-order valence-corrected chi connectivity index (χ0v) is 8.17. The molecule has 3 N–H and O–H groups in total. The molecule has 76 valence electrons. The second kappa shape index (κ2) is 3.60. The molecule has 1 saturated heterocycles. The lowest BCUT2D eigenvalue weighted by atomic mass is 10.0. The number of carbonyl (C=O) groups excluding carboxylic acids is 1. The molecule has 0 bridgehead atoms. The Morgan fingerprint density at radius 2 is 2.15 bits per heavy atom. The fourth-order valence-corrected chi connectivity index (χ4v) is 1.91.